The predicted molar refractivity (Wildman–Crippen MR) is 84.3 cm³/mol. The van der Waals surface area contributed by atoms with E-state index < -0.39 is 6.10 Å². The molecule has 1 atom stereocenters. The van der Waals surface area contributed by atoms with Crippen LogP contribution in [0.25, 0.3) is 0 Å². The van der Waals surface area contributed by atoms with Crippen molar-refractivity contribution in [1.29, 1.82) is 0 Å². The van der Waals surface area contributed by atoms with Crippen LogP contribution in [0.2, 0.25) is 0 Å². The van der Waals surface area contributed by atoms with Crippen LogP contribution >= 0.6 is 0 Å². The second-order valence-electron chi connectivity index (χ2n) is 5.43. The second-order valence-corrected chi connectivity index (χ2v) is 5.43. The Hall–Kier alpha value is -2.36. The molecule has 0 aliphatic carbocycles. The topological polar surface area (TPSA) is 38.3 Å². The number of carbonyl (C=O) groups is 1. The Kier molecular flexibility index (Phi) is 5.15. The van der Waals surface area contributed by atoms with Gasteiger partial charge in [0.1, 0.15) is 11.6 Å². The van der Waals surface area contributed by atoms with Gasteiger partial charge in [-0.3, -0.25) is 4.79 Å². The number of rotatable bonds is 5. The molecule has 0 spiro atoms. The van der Waals surface area contributed by atoms with Gasteiger partial charge in [-0.05, 0) is 61.7 Å². The fourth-order valence-electron chi connectivity index (χ4n) is 2.24. The molecule has 0 heterocycles. The molecule has 2 aromatic rings. The number of hydrogen-bond acceptors (Lipinski definition) is 2. The summed E-state index contributed by atoms with van der Waals surface area (Å²) in [5.41, 5.74) is 2.89. The van der Waals surface area contributed by atoms with E-state index in [4.69, 9.17) is 4.74 Å². The Morgan fingerprint density at radius 3 is 2.50 bits per heavy atom. The Labute approximate surface area is 130 Å². The molecule has 2 aromatic carbocycles. The largest absolute Gasteiger partial charge is 0.481 e. The molecule has 1 unspecified atom stereocenters. The first-order valence-corrected chi connectivity index (χ1v) is 7.21. The van der Waals surface area contributed by atoms with Crippen molar-refractivity contribution in [1.82, 2.24) is 5.32 Å². The molecule has 4 heteroatoms. The maximum Gasteiger partial charge on any atom is 0.261 e. The highest BCUT2D eigenvalue weighted by Crippen LogP contribution is 2.17. The molecule has 0 radical (unpaired) electrons. The quantitative estimate of drug-likeness (QED) is 0.917. The molecule has 0 aromatic heterocycles. The number of amides is 1. The molecule has 1 amide bonds. The summed E-state index contributed by atoms with van der Waals surface area (Å²) in [5.74, 6) is 0.126. The predicted octanol–water partition coefficient (Wildman–Crippen LogP) is 3.53. The van der Waals surface area contributed by atoms with Crippen molar-refractivity contribution in [3.05, 3.63) is 65.0 Å². The van der Waals surface area contributed by atoms with E-state index in [1.165, 1.54) is 12.1 Å². The highest BCUT2D eigenvalue weighted by Gasteiger charge is 2.14. The number of benzene rings is 2. The summed E-state index contributed by atoms with van der Waals surface area (Å²) in [6.45, 7) is 5.93. The van der Waals surface area contributed by atoms with Gasteiger partial charge in [-0.15, -0.1) is 0 Å². The molecule has 0 saturated carbocycles. The summed E-state index contributed by atoms with van der Waals surface area (Å²) in [7, 11) is 0. The highest BCUT2D eigenvalue weighted by atomic mass is 19.1. The number of carbonyl (C=O) groups excluding carboxylic acids is 1. The average molecular weight is 301 g/mol. The van der Waals surface area contributed by atoms with Crippen molar-refractivity contribution in [3.8, 4) is 5.75 Å². The minimum absolute atomic E-state index is 0.233. The molecule has 2 rings (SSSR count). The van der Waals surface area contributed by atoms with Crippen LogP contribution in [-0.2, 0) is 11.3 Å². The first-order valence-electron chi connectivity index (χ1n) is 7.21. The summed E-state index contributed by atoms with van der Waals surface area (Å²) >= 11 is 0. The van der Waals surface area contributed by atoms with Crippen LogP contribution in [0.15, 0.2) is 42.5 Å². The maximum atomic E-state index is 13.1. The zero-order valence-electron chi connectivity index (χ0n) is 13.0. The van der Waals surface area contributed by atoms with Crippen LogP contribution in [0.4, 0.5) is 4.39 Å². The van der Waals surface area contributed by atoms with E-state index in [1.54, 1.807) is 19.1 Å². The van der Waals surface area contributed by atoms with Crippen LogP contribution in [-0.4, -0.2) is 12.0 Å². The van der Waals surface area contributed by atoms with E-state index in [0.717, 1.165) is 11.1 Å². The van der Waals surface area contributed by atoms with Gasteiger partial charge >= 0.3 is 0 Å². The fraction of sp³-hybridized carbons (Fsp3) is 0.278. The van der Waals surface area contributed by atoms with Gasteiger partial charge in [0.2, 0.25) is 0 Å². The van der Waals surface area contributed by atoms with Crippen LogP contribution in [0.1, 0.15) is 23.6 Å². The zero-order chi connectivity index (χ0) is 16.1. The first kappa shape index (κ1) is 16.0. The molecular formula is C18H20FNO2. The van der Waals surface area contributed by atoms with Crippen molar-refractivity contribution >= 4 is 5.91 Å². The molecule has 0 bridgehead atoms. The van der Waals surface area contributed by atoms with Crippen molar-refractivity contribution in [2.24, 2.45) is 0 Å². The monoisotopic (exact) mass is 301 g/mol. The van der Waals surface area contributed by atoms with Crippen molar-refractivity contribution in [2.45, 2.75) is 33.4 Å². The average Bonchev–Trinajstić information content (AvgIpc) is 2.43. The lowest BCUT2D eigenvalue weighted by molar-refractivity contribution is -0.127. The third-order valence-electron chi connectivity index (χ3n) is 3.23. The summed E-state index contributed by atoms with van der Waals surface area (Å²) in [6.07, 6.45) is -0.616. The molecule has 116 valence electrons. The van der Waals surface area contributed by atoms with Crippen molar-refractivity contribution in [2.75, 3.05) is 0 Å². The van der Waals surface area contributed by atoms with Crippen molar-refractivity contribution in [3.63, 3.8) is 0 Å². The zero-order valence-corrected chi connectivity index (χ0v) is 13.0. The van der Waals surface area contributed by atoms with Gasteiger partial charge in [0, 0.05) is 6.54 Å². The minimum atomic E-state index is -0.616. The lowest BCUT2D eigenvalue weighted by Gasteiger charge is -2.15. The summed E-state index contributed by atoms with van der Waals surface area (Å²) in [6, 6.07) is 12.0. The third-order valence-corrected chi connectivity index (χ3v) is 3.23. The van der Waals surface area contributed by atoms with Gasteiger partial charge < -0.3 is 10.1 Å². The van der Waals surface area contributed by atoms with E-state index >= 15 is 0 Å². The van der Waals surface area contributed by atoms with E-state index in [2.05, 4.69) is 5.32 Å². The minimum Gasteiger partial charge on any atom is -0.481 e. The van der Waals surface area contributed by atoms with Gasteiger partial charge in [-0.25, -0.2) is 4.39 Å². The molecule has 0 aliphatic rings. The van der Waals surface area contributed by atoms with E-state index in [-0.39, 0.29) is 18.3 Å². The van der Waals surface area contributed by atoms with Gasteiger partial charge in [0.05, 0.1) is 0 Å². The number of aryl methyl sites for hydroxylation is 2. The normalized spacial score (nSPS) is 11.8. The van der Waals surface area contributed by atoms with Gasteiger partial charge in [0.15, 0.2) is 6.10 Å². The van der Waals surface area contributed by atoms with E-state index in [1.807, 2.05) is 32.0 Å². The first-order chi connectivity index (χ1) is 10.4. The Morgan fingerprint density at radius 2 is 1.86 bits per heavy atom. The number of hydrogen-bond donors (Lipinski definition) is 1. The molecule has 0 fully saturated rings. The standard InChI is InChI=1S/C18H20FNO2/c1-12-7-13(2)9-17(8-12)22-14(3)18(21)20-11-15-5-4-6-16(19)10-15/h4-10,14H,11H2,1-3H3,(H,20,21). The Bertz CT molecular complexity index is 650. The SMILES string of the molecule is Cc1cc(C)cc(OC(C)C(=O)NCc2cccc(F)c2)c1. The lowest BCUT2D eigenvalue weighted by atomic mass is 10.1. The molecule has 1 N–H and O–H groups in total. The highest BCUT2D eigenvalue weighted by molar-refractivity contribution is 5.80. The summed E-state index contributed by atoms with van der Waals surface area (Å²) < 4.78 is 18.7. The maximum absolute atomic E-state index is 13.1. The van der Waals surface area contributed by atoms with Gasteiger partial charge in [-0.2, -0.15) is 0 Å². The summed E-state index contributed by atoms with van der Waals surface area (Å²) in [4.78, 5) is 12.0. The fourth-order valence-corrected chi connectivity index (χ4v) is 2.24. The van der Waals surface area contributed by atoms with Gasteiger partial charge in [0.25, 0.3) is 5.91 Å². The van der Waals surface area contributed by atoms with Crippen LogP contribution in [0.5, 0.6) is 5.75 Å². The van der Waals surface area contributed by atoms with Crippen LogP contribution in [0.3, 0.4) is 0 Å². The number of ether oxygens (including phenoxy) is 1. The molecule has 3 nitrogen and oxygen atoms in total. The van der Waals surface area contributed by atoms with Crippen molar-refractivity contribution < 1.29 is 13.9 Å². The van der Waals surface area contributed by atoms with Crippen LogP contribution in [0, 0.1) is 19.7 Å². The molecule has 22 heavy (non-hydrogen) atoms. The molecular weight excluding hydrogens is 281 g/mol. The summed E-state index contributed by atoms with van der Waals surface area (Å²) in [5, 5.41) is 2.74. The van der Waals surface area contributed by atoms with Crippen LogP contribution < -0.4 is 10.1 Å². The lowest BCUT2D eigenvalue weighted by Crippen LogP contribution is -2.35. The van der Waals surface area contributed by atoms with E-state index in [9.17, 15) is 9.18 Å². The molecule has 0 aliphatic heterocycles. The van der Waals surface area contributed by atoms with Gasteiger partial charge in [-0.1, -0.05) is 18.2 Å². The number of halogens is 1. The van der Waals surface area contributed by atoms with E-state index in [0.29, 0.717) is 11.3 Å². The second kappa shape index (κ2) is 7.07. The Morgan fingerprint density at radius 1 is 1.18 bits per heavy atom. The Balaban J connectivity index is 1.91. The number of nitrogens with one attached hydrogen (secondary N) is 1. The molecule has 0 saturated heterocycles. The smallest absolute Gasteiger partial charge is 0.261 e. The third kappa shape index (κ3) is 4.58.